The van der Waals surface area contributed by atoms with Gasteiger partial charge in [0.05, 0.1) is 20.8 Å². The molecule has 20 heavy (non-hydrogen) atoms. The lowest BCUT2D eigenvalue weighted by Gasteiger charge is -2.09. The SMILES string of the molecule is Cc1cc(C(=O)Nc2cc(Cl)c(Cl)cc2Cl)ccc1Br. The summed E-state index contributed by atoms with van der Waals surface area (Å²) in [4.78, 5) is 12.2. The predicted molar refractivity (Wildman–Crippen MR) is 88.3 cm³/mol. The number of rotatable bonds is 2. The van der Waals surface area contributed by atoms with E-state index in [-0.39, 0.29) is 5.91 Å². The molecule has 1 amide bonds. The van der Waals surface area contributed by atoms with Crippen LogP contribution in [0.5, 0.6) is 0 Å². The van der Waals surface area contributed by atoms with Gasteiger partial charge in [0, 0.05) is 10.0 Å². The smallest absolute Gasteiger partial charge is 0.255 e. The van der Waals surface area contributed by atoms with Gasteiger partial charge in [-0.1, -0.05) is 50.7 Å². The molecule has 0 spiro atoms. The van der Waals surface area contributed by atoms with Crippen LogP contribution in [0.25, 0.3) is 0 Å². The van der Waals surface area contributed by atoms with Gasteiger partial charge in [-0.3, -0.25) is 4.79 Å². The summed E-state index contributed by atoms with van der Waals surface area (Å²) in [7, 11) is 0. The van der Waals surface area contributed by atoms with Gasteiger partial charge in [-0.15, -0.1) is 0 Å². The van der Waals surface area contributed by atoms with E-state index in [2.05, 4.69) is 21.2 Å². The molecule has 0 saturated carbocycles. The van der Waals surface area contributed by atoms with Gasteiger partial charge in [-0.2, -0.15) is 0 Å². The highest BCUT2D eigenvalue weighted by Crippen LogP contribution is 2.32. The fourth-order valence-electron chi connectivity index (χ4n) is 1.60. The maximum Gasteiger partial charge on any atom is 0.255 e. The van der Waals surface area contributed by atoms with E-state index in [1.165, 1.54) is 12.1 Å². The standard InChI is InChI=1S/C14H9BrCl3NO/c1-7-4-8(2-3-9(7)15)14(20)19-13-6-11(17)10(16)5-12(13)18/h2-6H,1H3,(H,19,20). The third-order valence-corrected chi connectivity index (χ3v) is 4.60. The van der Waals surface area contributed by atoms with Crippen molar-refractivity contribution in [2.45, 2.75) is 6.92 Å². The lowest BCUT2D eigenvalue weighted by atomic mass is 10.1. The molecule has 0 saturated heterocycles. The molecule has 0 unspecified atom stereocenters. The summed E-state index contributed by atoms with van der Waals surface area (Å²) in [6.07, 6.45) is 0. The van der Waals surface area contributed by atoms with Crippen LogP contribution in [-0.4, -0.2) is 5.91 Å². The van der Waals surface area contributed by atoms with Gasteiger partial charge in [0.25, 0.3) is 5.91 Å². The van der Waals surface area contributed by atoms with E-state index >= 15 is 0 Å². The molecule has 0 heterocycles. The first-order valence-corrected chi connectivity index (χ1v) is 7.53. The van der Waals surface area contributed by atoms with Crippen molar-refractivity contribution in [3.05, 3.63) is 61.0 Å². The van der Waals surface area contributed by atoms with Crippen molar-refractivity contribution in [3.8, 4) is 0 Å². The molecule has 2 aromatic rings. The van der Waals surface area contributed by atoms with Crippen LogP contribution in [0.1, 0.15) is 15.9 Å². The summed E-state index contributed by atoms with van der Waals surface area (Å²) in [5.41, 5.74) is 1.93. The topological polar surface area (TPSA) is 29.1 Å². The zero-order valence-electron chi connectivity index (χ0n) is 10.3. The lowest BCUT2D eigenvalue weighted by Crippen LogP contribution is -2.12. The maximum absolute atomic E-state index is 12.2. The first-order chi connectivity index (χ1) is 9.38. The Kier molecular flexibility index (Phi) is 4.97. The van der Waals surface area contributed by atoms with E-state index in [1.807, 2.05) is 13.0 Å². The van der Waals surface area contributed by atoms with E-state index in [9.17, 15) is 4.79 Å². The van der Waals surface area contributed by atoms with Gasteiger partial charge < -0.3 is 5.32 Å². The van der Waals surface area contributed by atoms with Crippen molar-refractivity contribution in [1.29, 1.82) is 0 Å². The minimum atomic E-state index is -0.263. The van der Waals surface area contributed by atoms with Crippen molar-refractivity contribution >= 4 is 62.3 Å². The zero-order chi connectivity index (χ0) is 14.9. The number of hydrogen-bond donors (Lipinski definition) is 1. The first kappa shape index (κ1) is 15.6. The van der Waals surface area contributed by atoms with Gasteiger partial charge in [0.1, 0.15) is 0 Å². The second-order valence-electron chi connectivity index (χ2n) is 4.16. The Balaban J connectivity index is 2.27. The molecule has 2 rings (SSSR count). The Morgan fingerprint density at radius 3 is 2.35 bits per heavy atom. The Hall–Kier alpha value is -0.740. The van der Waals surface area contributed by atoms with Crippen LogP contribution >= 0.6 is 50.7 Å². The molecule has 0 aliphatic heterocycles. The lowest BCUT2D eigenvalue weighted by molar-refractivity contribution is 0.102. The summed E-state index contributed by atoms with van der Waals surface area (Å²) in [6, 6.07) is 8.34. The van der Waals surface area contributed by atoms with Crippen molar-refractivity contribution < 1.29 is 4.79 Å². The van der Waals surface area contributed by atoms with Crippen LogP contribution in [0.15, 0.2) is 34.8 Å². The molecule has 0 bridgehead atoms. The molecule has 0 radical (unpaired) electrons. The third-order valence-electron chi connectivity index (χ3n) is 2.68. The number of aryl methyl sites for hydroxylation is 1. The predicted octanol–water partition coefficient (Wildman–Crippen LogP) is 5.97. The van der Waals surface area contributed by atoms with Crippen molar-refractivity contribution in [2.75, 3.05) is 5.32 Å². The molecule has 0 aromatic heterocycles. The molecule has 2 nitrogen and oxygen atoms in total. The molecule has 0 aliphatic carbocycles. The highest BCUT2D eigenvalue weighted by atomic mass is 79.9. The number of anilines is 1. The van der Waals surface area contributed by atoms with Gasteiger partial charge in [0.15, 0.2) is 0 Å². The summed E-state index contributed by atoms with van der Waals surface area (Å²) < 4.78 is 0.946. The highest BCUT2D eigenvalue weighted by molar-refractivity contribution is 9.10. The fourth-order valence-corrected chi connectivity index (χ4v) is 2.44. The molecule has 0 fully saturated rings. The average molecular weight is 393 g/mol. The molecule has 6 heteroatoms. The fraction of sp³-hybridized carbons (Fsp3) is 0.0714. The van der Waals surface area contributed by atoms with E-state index in [1.54, 1.807) is 12.1 Å². The summed E-state index contributed by atoms with van der Waals surface area (Å²) in [5.74, 6) is -0.263. The van der Waals surface area contributed by atoms with Crippen LogP contribution in [0.2, 0.25) is 15.1 Å². The van der Waals surface area contributed by atoms with Gasteiger partial charge >= 0.3 is 0 Å². The second-order valence-corrected chi connectivity index (χ2v) is 6.24. The number of carbonyl (C=O) groups excluding carboxylic acids is 1. The van der Waals surface area contributed by atoms with E-state index in [0.29, 0.717) is 26.3 Å². The van der Waals surface area contributed by atoms with Gasteiger partial charge in [-0.25, -0.2) is 0 Å². The monoisotopic (exact) mass is 391 g/mol. The number of nitrogens with one attached hydrogen (secondary N) is 1. The number of hydrogen-bond acceptors (Lipinski definition) is 1. The Morgan fingerprint density at radius 2 is 1.70 bits per heavy atom. The quantitative estimate of drug-likeness (QED) is 0.626. The molecule has 1 N–H and O–H groups in total. The Labute approximate surface area is 140 Å². The van der Waals surface area contributed by atoms with Gasteiger partial charge in [-0.05, 0) is 42.8 Å². The average Bonchev–Trinajstić information content (AvgIpc) is 2.39. The molecule has 0 atom stereocenters. The summed E-state index contributed by atoms with van der Waals surface area (Å²) in [6.45, 7) is 1.91. The van der Waals surface area contributed by atoms with Crippen LogP contribution in [-0.2, 0) is 0 Å². The number of carbonyl (C=O) groups is 1. The van der Waals surface area contributed by atoms with E-state index in [0.717, 1.165) is 10.0 Å². The zero-order valence-corrected chi connectivity index (χ0v) is 14.2. The van der Waals surface area contributed by atoms with Crippen LogP contribution < -0.4 is 5.32 Å². The molecule has 104 valence electrons. The van der Waals surface area contributed by atoms with Crippen molar-refractivity contribution in [1.82, 2.24) is 0 Å². The van der Waals surface area contributed by atoms with E-state index in [4.69, 9.17) is 34.8 Å². The molecule has 2 aromatic carbocycles. The van der Waals surface area contributed by atoms with Crippen LogP contribution in [0.4, 0.5) is 5.69 Å². The maximum atomic E-state index is 12.2. The van der Waals surface area contributed by atoms with Gasteiger partial charge in [0.2, 0.25) is 0 Å². The van der Waals surface area contributed by atoms with Crippen LogP contribution in [0.3, 0.4) is 0 Å². The van der Waals surface area contributed by atoms with Crippen molar-refractivity contribution in [2.24, 2.45) is 0 Å². The largest absolute Gasteiger partial charge is 0.321 e. The first-order valence-electron chi connectivity index (χ1n) is 5.60. The number of amides is 1. The Bertz CT molecular complexity index is 688. The van der Waals surface area contributed by atoms with E-state index < -0.39 is 0 Å². The highest BCUT2D eigenvalue weighted by Gasteiger charge is 2.11. The molecular weight excluding hydrogens is 384 g/mol. The Morgan fingerprint density at radius 1 is 1.05 bits per heavy atom. The van der Waals surface area contributed by atoms with Crippen molar-refractivity contribution in [3.63, 3.8) is 0 Å². The molecule has 0 aliphatic rings. The number of halogens is 4. The van der Waals surface area contributed by atoms with Crippen LogP contribution in [0, 0.1) is 6.92 Å². The minimum absolute atomic E-state index is 0.263. The second kappa shape index (κ2) is 6.35. The minimum Gasteiger partial charge on any atom is -0.321 e. The summed E-state index contributed by atoms with van der Waals surface area (Å²) >= 11 is 21.2. The molecular formula is C14H9BrCl3NO. The normalized spacial score (nSPS) is 10.4. The third kappa shape index (κ3) is 3.47. The summed E-state index contributed by atoms with van der Waals surface area (Å²) in [5, 5.41) is 3.72. The number of benzene rings is 2.